The van der Waals surface area contributed by atoms with Crippen molar-refractivity contribution in [1.82, 2.24) is 0 Å². The van der Waals surface area contributed by atoms with Crippen molar-refractivity contribution in [3.05, 3.63) is 29.8 Å². The maximum absolute atomic E-state index is 9.33. The third-order valence-corrected chi connectivity index (χ3v) is 2.31. The molecule has 0 aromatic heterocycles. The van der Waals surface area contributed by atoms with E-state index in [1.54, 1.807) is 18.2 Å². The Morgan fingerprint density at radius 1 is 1.53 bits per heavy atom. The van der Waals surface area contributed by atoms with E-state index in [1.807, 2.05) is 6.07 Å². The van der Waals surface area contributed by atoms with Crippen molar-refractivity contribution in [2.45, 2.75) is 12.5 Å². The molecule has 1 unspecified atom stereocenters. The highest BCUT2D eigenvalue weighted by molar-refractivity contribution is 5.78. The van der Waals surface area contributed by atoms with E-state index in [0.29, 0.717) is 25.4 Å². The monoisotopic (exact) mass is 206 g/mol. The molecule has 4 heteroatoms. The number of phenols is 1. The molecule has 0 radical (unpaired) electrons. The van der Waals surface area contributed by atoms with Crippen molar-refractivity contribution < 1.29 is 9.84 Å². The SMILES string of the molecule is NCCC1=NCC(c2cccc(O)c2)O1. The van der Waals surface area contributed by atoms with Gasteiger partial charge in [-0.1, -0.05) is 12.1 Å². The number of hydrogen-bond acceptors (Lipinski definition) is 4. The fourth-order valence-electron chi connectivity index (χ4n) is 1.58. The van der Waals surface area contributed by atoms with Gasteiger partial charge in [0.25, 0.3) is 0 Å². The predicted octanol–water partition coefficient (Wildman–Crippen LogP) is 1.21. The van der Waals surface area contributed by atoms with Crippen LogP contribution in [-0.4, -0.2) is 24.1 Å². The number of nitrogens with two attached hydrogens (primary N) is 1. The first-order chi connectivity index (χ1) is 7.29. The van der Waals surface area contributed by atoms with Gasteiger partial charge in [-0.25, -0.2) is 0 Å². The van der Waals surface area contributed by atoms with E-state index in [-0.39, 0.29) is 11.9 Å². The zero-order chi connectivity index (χ0) is 10.7. The number of aromatic hydroxyl groups is 1. The second-order valence-electron chi connectivity index (χ2n) is 3.47. The molecule has 2 rings (SSSR count). The maximum Gasteiger partial charge on any atom is 0.185 e. The van der Waals surface area contributed by atoms with Crippen LogP contribution in [-0.2, 0) is 4.74 Å². The van der Waals surface area contributed by atoms with Crippen LogP contribution in [0, 0.1) is 0 Å². The van der Waals surface area contributed by atoms with E-state index in [2.05, 4.69) is 4.99 Å². The fourth-order valence-corrected chi connectivity index (χ4v) is 1.58. The summed E-state index contributed by atoms with van der Waals surface area (Å²) in [6, 6.07) is 7.06. The van der Waals surface area contributed by atoms with Crippen LogP contribution in [0.1, 0.15) is 18.1 Å². The molecule has 4 nitrogen and oxygen atoms in total. The molecule has 3 N–H and O–H groups in total. The molecule has 0 saturated heterocycles. The van der Waals surface area contributed by atoms with Crippen LogP contribution in [0.5, 0.6) is 5.75 Å². The number of rotatable bonds is 3. The summed E-state index contributed by atoms with van der Waals surface area (Å²) in [7, 11) is 0. The second-order valence-corrected chi connectivity index (χ2v) is 3.47. The summed E-state index contributed by atoms with van der Waals surface area (Å²) in [4.78, 5) is 4.25. The highest BCUT2D eigenvalue weighted by atomic mass is 16.5. The standard InChI is InChI=1S/C11H14N2O2/c12-5-4-11-13-7-10(15-11)8-2-1-3-9(14)6-8/h1-3,6,10,14H,4-5,7,12H2. The van der Waals surface area contributed by atoms with Crippen LogP contribution in [0.3, 0.4) is 0 Å². The molecule has 1 heterocycles. The molecule has 0 amide bonds. The third kappa shape index (κ3) is 2.27. The van der Waals surface area contributed by atoms with Gasteiger partial charge >= 0.3 is 0 Å². The largest absolute Gasteiger partial charge is 0.508 e. The minimum absolute atomic E-state index is 0.0707. The molecule has 1 atom stereocenters. The summed E-state index contributed by atoms with van der Waals surface area (Å²) in [6.07, 6.45) is 0.605. The van der Waals surface area contributed by atoms with E-state index < -0.39 is 0 Å². The normalized spacial score (nSPS) is 19.8. The van der Waals surface area contributed by atoms with Crippen molar-refractivity contribution in [2.24, 2.45) is 10.7 Å². The maximum atomic E-state index is 9.33. The van der Waals surface area contributed by atoms with Gasteiger partial charge in [-0.3, -0.25) is 4.99 Å². The molecule has 1 aliphatic heterocycles. The van der Waals surface area contributed by atoms with E-state index in [4.69, 9.17) is 10.5 Å². The van der Waals surface area contributed by atoms with Crippen LogP contribution in [0.4, 0.5) is 0 Å². The Kier molecular flexibility index (Phi) is 2.87. The van der Waals surface area contributed by atoms with Gasteiger partial charge in [-0.05, 0) is 17.7 Å². The van der Waals surface area contributed by atoms with Crippen molar-refractivity contribution in [3.63, 3.8) is 0 Å². The number of hydrogen-bond donors (Lipinski definition) is 2. The van der Waals surface area contributed by atoms with Crippen molar-refractivity contribution in [1.29, 1.82) is 0 Å². The molecule has 0 spiro atoms. The van der Waals surface area contributed by atoms with E-state index in [9.17, 15) is 5.11 Å². The summed E-state index contributed by atoms with van der Waals surface area (Å²) in [5.74, 6) is 0.967. The Balaban J connectivity index is 2.04. The quantitative estimate of drug-likeness (QED) is 0.781. The molecule has 0 saturated carbocycles. The molecule has 1 aliphatic rings. The van der Waals surface area contributed by atoms with Gasteiger partial charge < -0.3 is 15.6 Å². The first-order valence-electron chi connectivity index (χ1n) is 4.98. The summed E-state index contributed by atoms with van der Waals surface area (Å²) < 4.78 is 5.60. The second kappa shape index (κ2) is 4.31. The van der Waals surface area contributed by atoms with Crippen LogP contribution in [0.25, 0.3) is 0 Å². The van der Waals surface area contributed by atoms with Crippen LogP contribution >= 0.6 is 0 Å². The van der Waals surface area contributed by atoms with Gasteiger partial charge in [0.1, 0.15) is 11.9 Å². The van der Waals surface area contributed by atoms with Crippen LogP contribution in [0.2, 0.25) is 0 Å². The summed E-state index contributed by atoms with van der Waals surface area (Å²) in [5, 5.41) is 9.33. The average molecular weight is 206 g/mol. The van der Waals surface area contributed by atoms with E-state index in [0.717, 1.165) is 5.56 Å². The highest BCUT2D eigenvalue weighted by Gasteiger charge is 2.20. The molecule has 0 fully saturated rings. The van der Waals surface area contributed by atoms with Gasteiger partial charge in [0.15, 0.2) is 5.90 Å². The van der Waals surface area contributed by atoms with E-state index >= 15 is 0 Å². The number of aliphatic imine (C=N–C) groups is 1. The van der Waals surface area contributed by atoms with Gasteiger partial charge in [0, 0.05) is 13.0 Å². The zero-order valence-corrected chi connectivity index (χ0v) is 8.39. The molecule has 80 valence electrons. The lowest BCUT2D eigenvalue weighted by Crippen LogP contribution is -2.10. The van der Waals surface area contributed by atoms with Crippen molar-refractivity contribution in [2.75, 3.05) is 13.1 Å². The Bertz CT molecular complexity index is 377. The first-order valence-corrected chi connectivity index (χ1v) is 4.98. The summed E-state index contributed by atoms with van der Waals surface area (Å²) in [6.45, 7) is 1.16. The predicted molar refractivity (Wildman–Crippen MR) is 57.9 cm³/mol. The van der Waals surface area contributed by atoms with Crippen molar-refractivity contribution in [3.8, 4) is 5.75 Å². The highest BCUT2D eigenvalue weighted by Crippen LogP contribution is 2.25. The summed E-state index contributed by atoms with van der Waals surface area (Å²) >= 11 is 0. The van der Waals surface area contributed by atoms with E-state index in [1.165, 1.54) is 0 Å². The Morgan fingerprint density at radius 2 is 2.40 bits per heavy atom. The molecular weight excluding hydrogens is 192 g/mol. The molecule has 0 bridgehead atoms. The Hall–Kier alpha value is -1.55. The third-order valence-electron chi connectivity index (χ3n) is 2.31. The van der Waals surface area contributed by atoms with Gasteiger partial charge in [-0.2, -0.15) is 0 Å². The average Bonchev–Trinajstić information content (AvgIpc) is 2.67. The van der Waals surface area contributed by atoms with Crippen LogP contribution in [0.15, 0.2) is 29.3 Å². The number of phenolic OH excluding ortho intramolecular Hbond substituents is 1. The lowest BCUT2D eigenvalue weighted by Gasteiger charge is -2.11. The molecule has 0 aliphatic carbocycles. The fraction of sp³-hybridized carbons (Fsp3) is 0.364. The first kappa shape index (κ1) is 9.98. The minimum Gasteiger partial charge on any atom is -0.508 e. The molecule has 15 heavy (non-hydrogen) atoms. The lowest BCUT2D eigenvalue weighted by molar-refractivity contribution is 0.223. The summed E-state index contributed by atoms with van der Waals surface area (Å²) in [5.41, 5.74) is 6.37. The zero-order valence-electron chi connectivity index (χ0n) is 8.39. The smallest absolute Gasteiger partial charge is 0.185 e. The molecular formula is C11H14N2O2. The van der Waals surface area contributed by atoms with Gasteiger partial charge in [0.05, 0.1) is 6.54 Å². The Morgan fingerprint density at radius 3 is 3.13 bits per heavy atom. The Labute approximate surface area is 88.4 Å². The molecule has 1 aromatic rings. The number of benzene rings is 1. The minimum atomic E-state index is -0.0707. The van der Waals surface area contributed by atoms with Gasteiger partial charge in [-0.15, -0.1) is 0 Å². The molecule has 1 aromatic carbocycles. The van der Waals surface area contributed by atoms with Crippen molar-refractivity contribution >= 4 is 5.90 Å². The van der Waals surface area contributed by atoms with Crippen LogP contribution < -0.4 is 5.73 Å². The number of ether oxygens (including phenoxy) is 1. The topological polar surface area (TPSA) is 67.8 Å². The van der Waals surface area contributed by atoms with Gasteiger partial charge in [0.2, 0.25) is 0 Å². The lowest BCUT2D eigenvalue weighted by atomic mass is 10.1. The number of nitrogens with zero attached hydrogens (tertiary/aromatic N) is 1.